The van der Waals surface area contributed by atoms with Crippen LogP contribution >= 0.6 is 12.4 Å². The molecule has 0 radical (unpaired) electrons. The first kappa shape index (κ1) is 10.7. The molecule has 1 atom stereocenters. The molecule has 0 aromatic carbocycles. The summed E-state index contributed by atoms with van der Waals surface area (Å²) in [5.74, 6) is -0.804. The van der Waals surface area contributed by atoms with Gasteiger partial charge in [-0.05, 0) is 7.05 Å². The molecule has 0 saturated carbocycles. The number of morpholine rings is 1. The van der Waals surface area contributed by atoms with E-state index >= 15 is 0 Å². The van der Waals surface area contributed by atoms with Gasteiger partial charge < -0.3 is 9.84 Å². The number of carboxylic acid groups (broad SMARTS) is 1. The van der Waals surface area contributed by atoms with Gasteiger partial charge in [0.25, 0.3) is 0 Å². The van der Waals surface area contributed by atoms with Crippen molar-refractivity contribution in [2.24, 2.45) is 0 Å². The van der Waals surface area contributed by atoms with E-state index < -0.39 is 12.0 Å². The third-order valence-corrected chi connectivity index (χ3v) is 1.68. The largest absolute Gasteiger partial charge is 0.480 e. The van der Waals surface area contributed by atoms with Gasteiger partial charge in [0.05, 0.1) is 13.2 Å². The highest BCUT2D eigenvalue weighted by molar-refractivity contribution is 5.85. The van der Waals surface area contributed by atoms with E-state index in [1.54, 1.807) is 11.9 Å². The van der Waals surface area contributed by atoms with Crippen LogP contribution in [0.15, 0.2) is 0 Å². The van der Waals surface area contributed by atoms with Gasteiger partial charge in [0.1, 0.15) is 6.04 Å². The zero-order valence-electron chi connectivity index (χ0n) is 6.32. The Balaban J connectivity index is 0.000001000. The van der Waals surface area contributed by atoms with Crippen LogP contribution in [0.4, 0.5) is 0 Å². The van der Waals surface area contributed by atoms with E-state index in [-0.39, 0.29) is 12.4 Å². The van der Waals surface area contributed by atoms with Crippen LogP contribution in [0.5, 0.6) is 0 Å². The van der Waals surface area contributed by atoms with Crippen LogP contribution in [0.3, 0.4) is 0 Å². The summed E-state index contributed by atoms with van der Waals surface area (Å²) in [5.41, 5.74) is 0. The molecule has 11 heavy (non-hydrogen) atoms. The number of likely N-dealkylation sites (N-methyl/N-ethyl adjacent to an activating group) is 1. The number of carboxylic acids is 1. The number of halogens is 1. The predicted octanol–water partition coefficient (Wildman–Crippen LogP) is -0.177. The van der Waals surface area contributed by atoms with Crippen LogP contribution < -0.4 is 0 Å². The fourth-order valence-electron chi connectivity index (χ4n) is 0.946. The normalized spacial score (nSPS) is 25.7. The average molecular weight is 182 g/mol. The van der Waals surface area contributed by atoms with Crippen LogP contribution in [0, 0.1) is 0 Å². The minimum Gasteiger partial charge on any atom is -0.480 e. The molecule has 1 aliphatic rings. The molecular formula is C6H12ClNO3. The van der Waals surface area contributed by atoms with Crippen LogP contribution in [-0.4, -0.2) is 48.8 Å². The molecule has 1 rings (SSSR count). The van der Waals surface area contributed by atoms with E-state index in [0.717, 1.165) is 0 Å². The molecule has 0 bridgehead atoms. The summed E-state index contributed by atoms with van der Waals surface area (Å²) < 4.78 is 4.99. The van der Waals surface area contributed by atoms with Gasteiger partial charge in [-0.2, -0.15) is 0 Å². The molecule has 5 heteroatoms. The second kappa shape index (κ2) is 4.54. The molecule has 66 valence electrons. The Morgan fingerprint density at radius 3 is 2.73 bits per heavy atom. The molecule has 1 N–H and O–H groups in total. The Morgan fingerprint density at radius 1 is 1.73 bits per heavy atom. The third kappa shape index (κ3) is 2.65. The lowest BCUT2D eigenvalue weighted by Gasteiger charge is -2.28. The molecule has 0 aromatic rings. The predicted molar refractivity (Wildman–Crippen MR) is 42.1 cm³/mol. The lowest BCUT2D eigenvalue weighted by Crippen LogP contribution is -2.47. The van der Waals surface area contributed by atoms with Crippen molar-refractivity contribution in [2.75, 3.05) is 26.8 Å². The number of ether oxygens (including phenoxy) is 1. The van der Waals surface area contributed by atoms with Crippen LogP contribution in [-0.2, 0) is 9.53 Å². The smallest absolute Gasteiger partial charge is 0.323 e. The lowest BCUT2D eigenvalue weighted by atomic mass is 10.2. The Labute approximate surface area is 71.5 Å². The average Bonchev–Trinajstić information content (AvgIpc) is 1.88. The fraction of sp³-hybridized carbons (Fsp3) is 0.833. The van der Waals surface area contributed by atoms with E-state index in [2.05, 4.69) is 0 Å². The van der Waals surface area contributed by atoms with Crippen LogP contribution in [0.1, 0.15) is 0 Å². The van der Waals surface area contributed by atoms with Crippen molar-refractivity contribution in [3.05, 3.63) is 0 Å². The quantitative estimate of drug-likeness (QED) is 0.610. The van der Waals surface area contributed by atoms with E-state index in [0.29, 0.717) is 19.8 Å². The second-order valence-electron chi connectivity index (χ2n) is 2.41. The highest BCUT2D eigenvalue weighted by Crippen LogP contribution is 2.02. The highest BCUT2D eigenvalue weighted by atomic mass is 35.5. The highest BCUT2D eigenvalue weighted by Gasteiger charge is 2.25. The van der Waals surface area contributed by atoms with Gasteiger partial charge in [-0.1, -0.05) is 0 Å². The molecule has 1 fully saturated rings. The third-order valence-electron chi connectivity index (χ3n) is 1.68. The molecule has 0 aromatic heterocycles. The van der Waals surface area contributed by atoms with Gasteiger partial charge in [0.2, 0.25) is 0 Å². The summed E-state index contributed by atoms with van der Waals surface area (Å²) in [7, 11) is 1.79. The van der Waals surface area contributed by atoms with E-state index in [1.165, 1.54) is 0 Å². The zero-order valence-corrected chi connectivity index (χ0v) is 7.13. The maximum atomic E-state index is 10.4. The van der Waals surface area contributed by atoms with Crippen molar-refractivity contribution in [2.45, 2.75) is 6.04 Å². The van der Waals surface area contributed by atoms with Gasteiger partial charge in [-0.15, -0.1) is 12.4 Å². The molecule has 1 saturated heterocycles. The van der Waals surface area contributed by atoms with Gasteiger partial charge in [0, 0.05) is 6.54 Å². The first-order chi connectivity index (χ1) is 4.72. The molecule has 0 spiro atoms. The number of hydrogen-bond acceptors (Lipinski definition) is 3. The topological polar surface area (TPSA) is 49.8 Å². The molecule has 1 aliphatic heterocycles. The molecule has 1 heterocycles. The van der Waals surface area contributed by atoms with Crippen molar-refractivity contribution in [1.29, 1.82) is 0 Å². The van der Waals surface area contributed by atoms with Gasteiger partial charge in [-0.3, -0.25) is 9.69 Å². The number of rotatable bonds is 1. The molecule has 1 unspecified atom stereocenters. The van der Waals surface area contributed by atoms with Gasteiger partial charge in [0.15, 0.2) is 0 Å². The van der Waals surface area contributed by atoms with Crippen LogP contribution in [0.25, 0.3) is 0 Å². The van der Waals surface area contributed by atoms with E-state index in [1.807, 2.05) is 0 Å². The Bertz CT molecular complexity index is 142. The number of aliphatic carboxylic acids is 1. The zero-order chi connectivity index (χ0) is 7.56. The first-order valence-corrected chi connectivity index (χ1v) is 3.22. The Hall–Kier alpha value is -0.320. The Morgan fingerprint density at radius 2 is 2.36 bits per heavy atom. The summed E-state index contributed by atoms with van der Waals surface area (Å²) in [5, 5.41) is 8.59. The van der Waals surface area contributed by atoms with Crippen molar-refractivity contribution < 1.29 is 14.6 Å². The van der Waals surface area contributed by atoms with Crippen molar-refractivity contribution in [3.8, 4) is 0 Å². The SMILES string of the molecule is CN1CCOCC1C(=O)O.Cl. The monoisotopic (exact) mass is 181 g/mol. The summed E-state index contributed by atoms with van der Waals surface area (Å²) in [6.07, 6.45) is 0. The molecule has 0 aliphatic carbocycles. The van der Waals surface area contributed by atoms with Gasteiger partial charge in [-0.25, -0.2) is 0 Å². The molecule has 0 amide bonds. The van der Waals surface area contributed by atoms with E-state index in [4.69, 9.17) is 9.84 Å². The lowest BCUT2D eigenvalue weighted by molar-refractivity contribution is -0.148. The van der Waals surface area contributed by atoms with Crippen molar-refractivity contribution in [1.82, 2.24) is 4.90 Å². The number of hydrogen-bond donors (Lipinski definition) is 1. The summed E-state index contributed by atoms with van der Waals surface area (Å²) in [6, 6.07) is -0.450. The maximum Gasteiger partial charge on any atom is 0.323 e. The van der Waals surface area contributed by atoms with Gasteiger partial charge >= 0.3 is 5.97 Å². The minimum atomic E-state index is -0.804. The van der Waals surface area contributed by atoms with Crippen molar-refractivity contribution >= 4 is 18.4 Å². The van der Waals surface area contributed by atoms with Crippen LogP contribution in [0.2, 0.25) is 0 Å². The second-order valence-corrected chi connectivity index (χ2v) is 2.41. The summed E-state index contributed by atoms with van der Waals surface area (Å²) in [4.78, 5) is 12.2. The minimum absolute atomic E-state index is 0. The van der Waals surface area contributed by atoms with E-state index in [9.17, 15) is 4.79 Å². The first-order valence-electron chi connectivity index (χ1n) is 3.22. The number of carbonyl (C=O) groups is 1. The molecular weight excluding hydrogens is 170 g/mol. The summed E-state index contributed by atoms with van der Waals surface area (Å²) >= 11 is 0. The van der Waals surface area contributed by atoms with Crippen molar-refractivity contribution in [3.63, 3.8) is 0 Å². The maximum absolute atomic E-state index is 10.4. The molecule has 4 nitrogen and oxygen atoms in total. The summed E-state index contributed by atoms with van der Waals surface area (Å²) in [6.45, 7) is 1.66. The fourth-order valence-corrected chi connectivity index (χ4v) is 0.946. The number of nitrogens with zero attached hydrogens (tertiary/aromatic N) is 1. The Kier molecular flexibility index (Phi) is 4.40. The standard InChI is InChI=1S/C6H11NO3.ClH/c1-7-2-3-10-4-5(7)6(8)9;/h5H,2-4H2,1H3,(H,8,9);1H.